The lowest BCUT2D eigenvalue weighted by atomic mass is 9.92. The van der Waals surface area contributed by atoms with Crippen LogP contribution in [0.25, 0.3) is 16.9 Å². The first-order valence-electron chi connectivity index (χ1n) is 11.5. The van der Waals surface area contributed by atoms with Crippen LogP contribution in [0.4, 0.5) is 8.78 Å². The average molecular weight is 612 g/mol. The Kier molecular flexibility index (Phi) is 7.33. The molecule has 1 aliphatic heterocycles. The van der Waals surface area contributed by atoms with E-state index in [2.05, 4.69) is 36.4 Å². The number of aliphatic hydroxyl groups is 3. The van der Waals surface area contributed by atoms with Gasteiger partial charge in [-0.1, -0.05) is 22.9 Å². The predicted octanol–water partition coefficient (Wildman–Crippen LogP) is 3.23. The van der Waals surface area contributed by atoms with Crippen LogP contribution in [-0.2, 0) is 4.74 Å². The standard InChI is InChI=1S/C24H22BrClF2N6O4/c1-10-3-4-13(26)7-17(10)34-11(2)29-31-24(34)23-22(37)20(21(36)18(9-35)38-23)33-8-16(30-32-33)12-5-14(27)19(25)15(28)6-12/h3-8,18,20-23,35-37H,9H2,1-2H3/t18-,20+,21+,22-,23-/m1/s1. The molecule has 200 valence electrons. The van der Waals surface area contributed by atoms with E-state index < -0.39 is 48.7 Å². The molecule has 0 spiro atoms. The van der Waals surface area contributed by atoms with Crippen LogP contribution in [0.2, 0.25) is 5.02 Å². The average Bonchev–Trinajstić information content (AvgIpc) is 3.51. The number of halogens is 4. The number of ether oxygens (including phenoxy) is 1. The van der Waals surface area contributed by atoms with Crippen LogP contribution in [0.5, 0.6) is 0 Å². The van der Waals surface area contributed by atoms with Gasteiger partial charge in [-0.3, -0.25) is 4.57 Å². The van der Waals surface area contributed by atoms with Crippen LogP contribution in [0.3, 0.4) is 0 Å². The van der Waals surface area contributed by atoms with Crippen LogP contribution in [0.15, 0.2) is 41.0 Å². The van der Waals surface area contributed by atoms with Gasteiger partial charge in [-0.2, -0.15) is 0 Å². The van der Waals surface area contributed by atoms with Crippen molar-refractivity contribution in [3.63, 3.8) is 0 Å². The minimum absolute atomic E-state index is 0.104. The zero-order valence-electron chi connectivity index (χ0n) is 20.0. The summed E-state index contributed by atoms with van der Waals surface area (Å²) in [5, 5.41) is 49.2. The SMILES string of the molecule is Cc1ccc(Cl)cc1-n1c(C)nnc1[C@@H]1O[C@H](CO)[C@H](O)[C@H](n2cc(-c3cc(F)c(Br)c(F)c3)nn2)[C@H]1O. The highest BCUT2D eigenvalue weighted by Gasteiger charge is 2.48. The Labute approximate surface area is 228 Å². The molecule has 0 amide bonds. The van der Waals surface area contributed by atoms with Crippen molar-refractivity contribution in [3.8, 4) is 16.9 Å². The lowest BCUT2D eigenvalue weighted by molar-refractivity contribution is -0.210. The second kappa shape index (κ2) is 10.4. The number of rotatable bonds is 5. The molecule has 0 unspecified atom stereocenters. The molecule has 1 fully saturated rings. The van der Waals surface area contributed by atoms with Gasteiger partial charge in [-0.15, -0.1) is 15.3 Å². The van der Waals surface area contributed by atoms with Gasteiger partial charge in [-0.25, -0.2) is 13.5 Å². The summed E-state index contributed by atoms with van der Waals surface area (Å²) in [6.07, 6.45) is -3.80. The van der Waals surface area contributed by atoms with Crippen LogP contribution in [-0.4, -0.2) is 70.0 Å². The van der Waals surface area contributed by atoms with E-state index >= 15 is 0 Å². The number of benzene rings is 2. The van der Waals surface area contributed by atoms with Crippen molar-refractivity contribution in [3.05, 3.63) is 74.9 Å². The summed E-state index contributed by atoms with van der Waals surface area (Å²) in [5.74, 6) is -0.945. The first-order valence-corrected chi connectivity index (χ1v) is 12.7. The number of hydrogen-bond acceptors (Lipinski definition) is 8. The molecule has 0 radical (unpaired) electrons. The van der Waals surface area contributed by atoms with Crippen molar-refractivity contribution in [1.29, 1.82) is 0 Å². The van der Waals surface area contributed by atoms with E-state index in [9.17, 15) is 24.1 Å². The molecule has 3 heterocycles. The summed E-state index contributed by atoms with van der Waals surface area (Å²) >= 11 is 9.06. The fourth-order valence-corrected chi connectivity index (χ4v) is 4.97. The Balaban J connectivity index is 1.56. The first kappa shape index (κ1) is 26.8. The Hall–Kier alpha value is -2.81. The van der Waals surface area contributed by atoms with Crippen LogP contribution < -0.4 is 0 Å². The molecule has 1 aliphatic rings. The third-order valence-electron chi connectivity index (χ3n) is 6.50. The van der Waals surface area contributed by atoms with E-state index in [-0.39, 0.29) is 21.6 Å². The van der Waals surface area contributed by atoms with E-state index in [0.29, 0.717) is 16.5 Å². The zero-order chi connectivity index (χ0) is 27.3. The molecule has 14 heteroatoms. The maximum absolute atomic E-state index is 14.1. The number of aromatic nitrogens is 6. The molecule has 5 rings (SSSR count). The largest absolute Gasteiger partial charge is 0.394 e. The third kappa shape index (κ3) is 4.63. The highest BCUT2D eigenvalue weighted by atomic mass is 79.9. The van der Waals surface area contributed by atoms with Crippen molar-refractivity contribution in [1.82, 2.24) is 29.8 Å². The molecule has 0 saturated carbocycles. The van der Waals surface area contributed by atoms with Gasteiger partial charge in [0.25, 0.3) is 0 Å². The lowest BCUT2D eigenvalue weighted by Gasteiger charge is -2.41. The summed E-state index contributed by atoms with van der Waals surface area (Å²) in [5.41, 5.74) is 1.73. The van der Waals surface area contributed by atoms with Crippen molar-refractivity contribution in [2.24, 2.45) is 0 Å². The maximum Gasteiger partial charge on any atom is 0.169 e. The smallest absolute Gasteiger partial charge is 0.169 e. The van der Waals surface area contributed by atoms with Gasteiger partial charge < -0.3 is 20.1 Å². The van der Waals surface area contributed by atoms with Crippen LogP contribution >= 0.6 is 27.5 Å². The first-order chi connectivity index (χ1) is 18.1. The monoisotopic (exact) mass is 610 g/mol. The van der Waals surface area contributed by atoms with Crippen molar-refractivity contribution < 1.29 is 28.8 Å². The summed E-state index contributed by atoms with van der Waals surface area (Å²) in [6.45, 7) is 3.03. The van der Waals surface area contributed by atoms with Gasteiger partial charge in [0.05, 0.1) is 23.0 Å². The molecule has 38 heavy (non-hydrogen) atoms. The number of hydrogen-bond donors (Lipinski definition) is 3. The van der Waals surface area contributed by atoms with Gasteiger partial charge in [0, 0.05) is 10.6 Å². The Morgan fingerprint density at radius 3 is 2.45 bits per heavy atom. The minimum atomic E-state index is -1.44. The number of nitrogens with zero attached hydrogens (tertiary/aromatic N) is 6. The molecule has 0 aliphatic carbocycles. The lowest BCUT2D eigenvalue weighted by Crippen LogP contribution is -2.53. The van der Waals surface area contributed by atoms with E-state index in [1.807, 2.05) is 13.0 Å². The van der Waals surface area contributed by atoms with Gasteiger partial charge in [-0.05, 0) is 59.6 Å². The topological polar surface area (TPSA) is 131 Å². The molecule has 10 nitrogen and oxygen atoms in total. The molecule has 3 N–H and O–H groups in total. The predicted molar refractivity (Wildman–Crippen MR) is 135 cm³/mol. The Bertz CT molecular complexity index is 1480. The molecule has 5 atom stereocenters. The van der Waals surface area contributed by atoms with E-state index in [1.165, 1.54) is 10.9 Å². The molecular weight excluding hydrogens is 590 g/mol. The zero-order valence-corrected chi connectivity index (χ0v) is 22.3. The van der Waals surface area contributed by atoms with Gasteiger partial charge in [0.1, 0.15) is 53.6 Å². The summed E-state index contributed by atoms with van der Waals surface area (Å²) < 4.78 is 36.6. The molecule has 0 bridgehead atoms. The maximum atomic E-state index is 14.1. The van der Waals surface area contributed by atoms with E-state index in [4.69, 9.17) is 16.3 Å². The highest BCUT2D eigenvalue weighted by molar-refractivity contribution is 9.10. The summed E-state index contributed by atoms with van der Waals surface area (Å²) in [4.78, 5) is 0. The van der Waals surface area contributed by atoms with Gasteiger partial charge >= 0.3 is 0 Å². The number of aliphatic hydroxyl groups excluding tert-OH is 3. The normalized spacial score (nSPS) is 23.7. The van der Waals surface area contributed by atoms with E-state index in [1.54, 1.807) is 23.6 Å². The second-order valence-electron chi connectivity index (χ2n) is 8.96. The summed E-state index contributed by atoms with van der Waals surface area (Å²) in [7, 11) is 0. The van der Waals surface area contributed by atoms with Crippen molar-refractivity contribution in [2.45, 2.75) is 44.3 Å². The Morgan fingerprint density at radius 2 is 1.76 bits per heavy atom. The number of aryl methyl sites for hydroxylation is 2. The highest BCUT2D eigenvalue weighted by Crippen LogP contribution is 2.39. The molecule has 4 aromatic rings. The fourth-order valence-electron chi connectivity index (χ4n) is 4.57. The van der Waals surface area contributed by atoms with Crippen molar-refractivity contribution in [2.75, 3.05) is 6.61 Å². The van der Waals surface area contributed by atoms with Crippen LogP contribution in [0, 0.1) is 25.5 Å². The van der Waals surface area contributed by atoms with Crippen LogP contribution in [0.1, 0.15) is 29.4 Å². The fraction of sp³-hybridized carbons (Fsp3) is 0.333. The molecule has 1 saturated heterocycles. The molecule has 2 aromatic heterocycles. The second-order valence-corrected chi connectivity index (χ2v) is 10.2. The molecule has 2 aromatic carbocycles. The van der Waals surface area contributed by atoms with Gasteiger partial charge in [0.15, 0.2) is 5.82 Å². The third-order valence-corrected chi connectivity index (χ3v) is 7.50. The quantitative estimate of drug-likeness (QED) is 0.293. The summed E-state index contributed by atoms with van der Waals surface area (Å²) in [6, 6.07) is 6.29. The Morgan fingerprint density at radius 1 is 1.05 bits per heavy atom. The van der Waals surface area contributed by atoms with Crippen molar-refractivity contribution >= 4 is 27.5 Å². The molecular formula is C24H22BrClF2N6O4. The minimum Gasteiger partial charge on any atom is -0.394 e. The van der Waals surface area contributed by atoms with Gasteiger partial charge in [0.2, 0.25) is 0 Å². The van der Waals surface area contributed by atoms with E-state index in [0.717, 1.165) is 17.7 Å².